The van der Waals surface area contributed by atoms with Gasteiger partial charge in [0.2, 0.25) is 0 Å². The molecule has 0 rings (SSSR count). The molecule has 0 aliphatic heterocycles. The maximum Gasteiger partial charge on any atom is 0.0434 e. The van der Waals surface area contributed by atoms with Crippen LogP contribution in [0.5, 0.6) is 0 Å². The van der Waals surface area contributed by atoms with E-state index in [9.17, 15) is 0 Å². The summed E-state index contributed by atoms with van der Waals surface area (Å²) in [6, 6.07) is 0. The van der Waals surface area contributed by atoms with E-state index in [0.29, 0.717) is 0 Å². The zero-order chi connectivity index (χ0) is 5.91. The van der Waals surface area contributed by atoms with Crippen LogP contribution in [0.4, 0.5) is 0 Å². The summed E-state index contributed by atoms with van der Waals surface area (Å²) < 4.78 is 0. The topological polar surface area (TPSA) is 0 Å². The Bertz CT molecular complexity index is 116. The van der Waals surface area contributed by atoms with E-state index in [4.69, 9.17) is 11.8 Å². The van der Waals surface area contributed by atoms with Gasteiger partial charge in [-0.05, 0) is 11.6 Å². The molecular weight excluding hydrogens is 143 g/mol. The van der Waals surface area contributed by atoms with E-state index in [1.165, 1.54) is 0 Å². The quantitative estimate of drug-likeness (QED) is 0.466. The fourth-order valence-electron chi connectivity index (χ4n) is 0.0745. The van der Waals surface area contributed by atoms with Crippen LogP contribution in [0.2, 0.25) is 0 Å². The normalized spacial score (nSPS) is 10.4. The van der Waals surface area contributed by atoms with Crippen LogP contribution in [0.15, 0.2) is 24.8 Å². The highest BCUT2D eigenvalue weighted by Gasteiger charge is 1.93. The lowest BCUT2D eigenvalue weighted by Gasteiger charge is -1.97. The second-order valence-corrected chi connectivity index (χ2v) is 7.72. The van der Waals surface area contributed by atoms with E-state index in [1.54, 1.807) is 11.6 Å². The van der Waals surface area contributed by atoms with Crippen LogP contribution < -0.4 is 0 Å². The van der Waals surface area contributed by atoms with Gasteiger partial charge in [-0.25, -0.2) is 0 Å². The van der Waals surface area contributed by atoms with Crippen molar-refractivity contribution in [3.63, 3.8) is 0 Å². The molecule has 0 amide bonds. The molecule has 0 unspecified atom stereocenters. The van der Waals surface area contributed by atoms with Crippen molar-refractivity contribution >= 4 is 29.3 Å². The van der Waals surface area contributed by atoms with Gasteiger partial charge in [0.25, 0.3) is 0 Å². The molecule has 0 radical (unpaired) electrons. The smallest absolute Gasteiger partial charge is 0.0434 e. The van der Waals surface area contributed by atoms with Crippen molar-refractivity contribution in [2.24, 2.45) is 0 Å². The van der Waals surface area contributed by atoms with Gasteiger partial charge in [-0.2, -0.15) is 0 Å². The Labute approximate surface area is 54.5 Å². The molecule has 0 aliphatic rings. The second kappa shape index (κ2) is 2.71. The van der Waals surface area contributed by atoms with Crippen LogP contribution in [-0.4, -0.2) is 0 Å². The van der Waals surface area contributed by atoms with Gasteiger partial charge in [0.05, 0.1) is 0 Å². The molecule has 0 saturated carbocycles. The van der Waals surface area contributed by atoms with Crippen LogP contribution in [-0.2, 0) is 11.8 Å². The first kappa shape index (κ1) is 7.48. The van der Waals surface area contributed by atoms with Gasteiger partial charge >= 0.3 is 0 Å². The van der Waals surface area contributed by atoms with Crippen LogP contribution in [0.25, 0.3) is 0 Å². The molecule has 40 valence electrons. The molecule has 7 heavy (non-hydrogen) atoms. The predicted molar refractivity (Wildman–Crippen MR) is 43.7 cm³/mol. The molecule has 0 atom stereocenters. The van der Waals surface area contributed by atoms with Gasteiger partial charge in [0.1, 0.15) is 0 Å². The first-order valence-electron chi connectivity index (χ1n) is 1.72. The molecule has 0 aromatic rings. The molecule has 0 aromatic carbocycles. The molecular formula is C4H7PS2. The Kier molecular flexibility index (Phi) is 2.89. The van der Waals surface area contributed by atoms with Crippen molar-refractivity contribution < 1.29 is 0 Å². The Morgan fingerprint density at radius 2 is 1.71 bits per heavy atom. The summed E-state index contributed by atoms with van der Waals surface area (Å²) in [4.78, 5) is 0. The first-order valence-corrected chi connectivity index (χ1v) is 5.81. The maximum absolute atomic E-state index is 4.89. The van der Waals surface area contributed by atoms with Crippen LogP contribution in [0.1, 0.15) is 0 Å². The van der Waals surface area contributed by atoms with Crippen LogP contribution in [0.3, 0.4) is 0 Å². The van der Waals surface area contributed by atoms with Gasteiger partial charge in [0, 0.05) is 5.24 Å². The minimum absolute atomic E-state index is 1.60. The summed E-state index contributed by atoms with van der Waals surface area (Å²) in [7, 11) is 0. The molecule has 3 heteroatoms. The Morgan fingerprint density at radius 1 is 1.43 bits per heavy atom. The third kappa shape index (κ3) is 3.10. The molecule has 0 aliphatic carbocycles. The summed E-state index contributed by atoms with van der Waals surface area (Å²) in [5, 5.41) is -1.60. The third-order valence-corrected chi connectivity index (χ3v) is 3.44. The van der Waals surface area contributed by atoms with E-state index in [0.717, 1.165) is 0 Å². The van der Waals surface area contributed by atoms with E-state index in [2.05, 4.69) is 25.4 Å². The standard InChI is InChI=1S/C4H7PS2/c1-3-5(6,7)4-2/h3-4H,1-2H2,(H,6,7). The van der Waals surface area contributed by atoms with E-state index in [-0.39, 0.29) is 0 Å². The van der Waals surface area contributed by atoms with Crippen molar-refractivity contribution in [2.45, 2.75) is 0 Å². The molecule has 0 bridgehead atoms. The lowest BCUT2D eigenvalue weighted by atomic mass is 11.3. The van der Waals surface area contributed by atoms with E-state index < -0.39 is 5.24 Å². The van der Waals surface area contributed by atoms with Gasteiger partial charge < -0.3 is 0 Å². The summed E-state index contributed by atoms with van der Waals surface area (Å²) in [6.45, 7) is 7.00. The van der Waals surface area contributed by atoms with Crippen molar-refractivity contribution in [3.8, 4) is 0 Å². The Morgan fingerprint density at radius 3 is 1.71 bits per heavy atom. The summed E-state index contributed by atoms with van der Waals surface area (Å²) in [5.74, 6) is 3.33. The van der Waals surface area contributed by atoms with Crippen molar-refractivity contribution in [1.82, 2.24) is 0 Å². The summed E-state index contributed by atoms with van der Waals surface area (Å²) in [5.41, 5.74) is 0. The molecule has 0 nitrogen and oxygen atoms in total. The Balaban J connectivity index is 4.13. The van der Waals surface area contributed by atoms with E-state index >= 15 is 0 Å². The highest BCUT2D eigenvalue weighted by molar-refractivity contribution is 8.65. The summed E-state index contributed by atoms with van der Waals surface area (Å²) >= 11 is 8.96. The van der Waals surface area contributed by atoms with Crippen molar-refractivity contribution in [3.05, 3.63) is 24.8 Å². The van der Waals surface area contributed by atoms with Crippen molar-refractivity contribution in [2.75, 3.05) is 0 Å². The predicted octanol–water partition coefficient (Wildman–Crippen LogP) is 2.60. The average Bonchev–Trinajstić information content (AvgIpc) is 1.68. The number of rotatable bonds is 2. The third-order valence-electron chi connectivity index (χ3n) is 0.523. The maximum atomic E-state index is 4.89. The Hall–Kier alpha value is 0.480. The lowest BCUT2D eigenvalue weighted by Crippen LogP contribution is -1.47. The fraction of sp³-hybridized carbons (Fsp3) is 0. The minimum atomic E-state index is -1.60. The number of hydrogen-bond acceptors (Lipinski definition) is 1. The van der Waals surface area contributed by atoms with Gasteiger partial charge in [-0.1, -0.05) is 25.0 Å². The highest BCUT2D eigenvalue weighted by atomic mass is 32.9. The number of thiol groups is 1. The largest absolute Gasteiger partial charge is 0.134 e. The van der Waals surface area contributed by atoms with Gasteiger partial charge in [-0.3, -0.25) is 0 Å². The number of hydrogen-bond donors (Lipinski definition) is 1. The fourth-order valence-corrected chi connectivity index (χ4v) is 0.224. The van der Waals surface area contributed by atoms with Crippen LogP contribution in [0, 0.1) is 0 Å². The van der Waals surface area contributed by atoms with Gasteiger partial charge in [0.15, 0.2) is 0 Å². The van der Waals surface area contributed by atoms with Crippen molar-refractivity contribution in [1.29, 1.82) is 0 Å². The zero-order valence-corrected chi connectivity index (χ0v) is 6.48. The van der Waals surface area contributed by atoms with E-state index in [1.807, 2.05) is 0 Å². The highest BCUT2D eigenvalue weighted by Crippen LogP contribution is 2.52. The molecule has 0 fully saturated rings. The summed E-state index contributed by atoms with van der Waals surface area (Å²) in [6.07, 6.45) is 0. The minimum Gasteiger partial charge on any atom is -0.134 e. The zero-order valence-electron chi connectivity index (χ0n) is 3.87. The molecule has 0 spiro atoms. The lowest BCUT2D eigenvalue weighted by molar-refractivity contribution is 2.52. The first-order chi connectivity index (χ1) is 3.12. The van der Waals surface area contributed by atoms with Crippen LogP contribution >= 0.6 is 17.5 Å². The monoisotopic (exact) mass is 150 g/mol. The SMILES string of the molecule is C=CP(=S)(S)C=C. The average molecular weight is 150 g/mol. The second-order valence-electron chi connectivity index (χ2n) is 1.04. The molecule has 0 N–H and O–H groups in total. The molecule has 0 aromatic heterocycles. The molecule has 0 heterocycles. The van der Waals surface area contributed by atoms with Gasteiger partial charge in [-0.15, -0.1) is 12.2 Å². The molecule has 0 saturated heterocycles.